The Morgan fingerprint density at radius 2 is 1.84 bits per heavy atom. The highest BCUT2D eigenvalue weighted by Crippen LogP contribution is 2.24. The van der Waals surface area contributed by atoms with E-state index in [2.05, 4.69) is 15.6 Å². The highest BCUT2D eigenvalue weighted by atomic mass is 16.1. The number of nitrogens with zero attached hydrogens (tertiary/aromatic N) is 3. The molecule has 2 aromatic heterocycles. The molecule has 1 aromatic carbocycles. The number of amides is 1. The number of carbonyl (C=O) groups is 1. The third-order valence-corrected chi connectivity index (χ3v) is 4.52. The Kier molecular flexibility index (Phi) is 4.09. The summed E-state index contributed by atoms with van der Waals surface area (Å²) in [7, 11) is 0. The van der Waals surface area contributed by atoms with Crippen molar-refractivity contribution in [3.8, 4) is 11.3 Å². The summed E-state index contributed by atoms with van der Waals surface area (Å²) in [6, 6.07) is 9.65. The number of hydrogen-bond acceptors (Lipinski definition) is 4. The van der Waals surface area contributed by atoms with Crippen LogP contribution in [-0.4, -0.2) is 33.6 Å². The largest absolute Gasteiger partial charge is 0.369 e. The van der Waals surface area contributed by atoms with Crippen LogP contribution >= 0.6 is 0 Å². The molecule has 6 nitrogen and oxygen atoms in total. The van der Waals surface area contributed by atoms with E-state index < -0.39 is 0 Å². The molecule has 0 aliphatic carbocycles. The lowest BCUT2D eigenvalue weighted by atomic mass is 10.1. The van der Waals surface area contributed by atoms with E-state index in [0.29, 0.717) is 12.1 Å². The van der Waals surface area contributed by atoms with Crippen molar-refractivity contribution in [1.29, 1.82) is 0 Å². The van der Waals surface area contributed by atoms with Crippen molar-refractivity contribution in [2.24, 2.45) is 0 Å². The highest BCUT2D eigenvalue weighted by molar-refractivity contribution is 5.95. The Labute approximate surface area is 146 Å². The van der Waals surface area contributed by atoms with Gasteiger partial charge in [0.05, 0.1) is 11.9 Å². The van der Waals surface area contributed by atoms with Crippen LogP contribution in [0, 0.1) is 6.92 Å². The summed E-state index contributed by atoms with van der Waals surface area (Å²) in [5.74, 6) is 0.818. The van der Waals surface area contributed by atoms with Gasteiger partial charge in [-0.2, -0.15) is 0 Å². The third-order valence-electron chi connectivity index (χ3n) is 4.52. The van der Waals surface area contributed by atoms with Gasteiger partial charge in [-0.25, -0.2) is 9.50 Å². The molecule has 1 aliphatic rings. The molecule has 0 saturated carbocycles. The topological polar surface area (TPSA) is 71.3 Å². The van der Waals surface area contributed by atoms with Crippen LogP contribution in [0.4, 0.5) is 5.82 Å². The summed E-state index contributed by atoms with van der Waals surface area (Å²) in [5.41, 5.74) is 4.38. The van der Waals surface area contributed by atoms with Crippen LogP contribution in [0.15, 0.2) is 36.5 Å². The molecule has 0 fully saturated rings. The molecule has 0 radical (unpaired) electrons. The van der Waals surface area contributed by atoms with Crippen LogP contribution < -0.4 is 10.6 Å². The number of imidazole rings is 1. The zero-order valence-corrected chi connectivity index (χ0v) is 14.2. The Balaban J connectivity index is 1.85. The Morgan fingerprint density at radius 3 is 2.72 bits per heavy atom. The van der Waals surface area contributed by atoms with Gasteiger partial charge < -0.3 is 10.6 Å². The minimum atomic E-state index is -0.0338. The quantitative estimate of drug-likeness (QED) is 0.662. The van der Waals surface area contributed by atoms with E-state index in [-0.39, 0.29) is 5.91 Å². The SMILES string of the molecule is Cc1cc2nn3c(cnc13)-c1cccc(c1)C(=O)NCCCCCN2. The lowest BCUT2D eigenvalue weighted by Gasteiger charge is -2.09. The van der Waals surface area contributed by atoms with Crippen LogP contribution in [0.25, 0.3) is 16.9 Å². The molecule has 3 aromatic rings. The van der Waals surface area contributed by atoms with Crippen LogP contribution in [0.3, 0.4) is 0 Å². The fourth-order valence-electron chi connectivity index (χ4n) is 3.17. The van der Waals surface area contributed by atoms with E-state index in [4.69, 9.17) is 5.10 Å². The molecule has 1 aliphatic heterocycles. The van der Waals surface area contributed by atoms with Gasteiger partial charge >= 0.3 is 0 Å². The maximum absolute atomic E-state index is 12.4. The molecule has 2 N–H and O–H groups in total. The van der Waals surface area contributed by atoms with Crippen LogP contribution in [0.5, 0.6) is 0 Å². The first kappa shape index (κ1) is 15.6. The number of fused-ring (bicyclic) bond motifs is 4. The van der Waals surface area contributed by atoms with Gasteiger partial charge in [-0.05, 0) is 49.9 Å². The second kappa shape index (κ2) is 6.55. The first-order valence-corrected chi connectivity index (χ1v) is 8.70. The van der Waals surface area contributed by atoms with Gasteiger partial charge in [-0.1, -0.05) is 12.1 Å². The zero-order valence-electron chi connectivity index (χ0n) is 14.2. The van der Waals surface area contributed by atoms with E-state index in [1.54, 1.807) is 0 Å². The summed E-state index contributed by atoms with van der Waals surface area (Å²) in [6.07, 6.45) is 4.89. The van der Waals surface area contributed by atoms with E-state index in [9.17, 15) is 4.79 Å². The predicted octanol–water partition coefficient (Wildman–Crippen LogP) is 3.03. The average Bonchev–Trinajstić information content (AvgIpc) is 3.04. The standard InChI is InChI=1S/C19H21N5O/c1-13-10-17-20-8-3-2-4-9-21-19(25)15-7-5-6-14(11-15)16-12-22-18(13)24(16)23-17/h5-7,10-12H,2-4,8-9H2,1H3,(H,20,23)(H,21,25). The maximum atomic E-state index is 12.4. The van der Waals surface area contributed by atoms with Crippen LogP contribution in [-0.2, 0) is 0 Å². The van der Waals surface area contributed by atoms with Crippen molar-refractivity contribution < 1.29 is 4.79 Å². The molecule has 1 amide bonds. The van der Waals surface area contributed by atoms with Crippen molar-refractivity contribution in [2.45, 2.75) is 26.2 Å². The molecule has 128 valence electrons. The molecule has 0 spiro atoms. The summed E-state index contributed by atoms with van der Waals surface area (Å²) >= 11 is 0. The number of anilines is 1. The van der Waals surface area contributed by atoms with Crippen molar-refractivity contribution in [3.63, 3.8) is 0 Å². The zero-order chi connectivity index (χ0) is 17.2. The smallest absolute Gasteiger partial charge is 0.251 e. The lowest BCUT2D eigenvalue weighted by molar-refractivity contribution is 0.0953. The number of hydrogen-bond donors (Lipinski definition) is 2. The molecule has 0 unspecified atom stereocenters. The molecular formula is C19H21N5O. The van der Waals surface area contributed by atoms with Crippen molar-refractivity contribution in [3.05, 3.63) is 47.7 Å². The van der Waals surface area contributed by atoms with Gasteiger partial charge in [-0.15, -0.1) is 5.10 Å². The molecule has 0 atom stereocenters. The molecule has 0 saturated heterocycles. The minimum Gasteiger partial charge on any atom is -0.369 e. The first-order chi connectivity index (χ1) is 12.2. The Morgan fingerprint density at radius 1 is 1.04 bits per heavy atom. The average molecular weight is 335 g/mol. The van der Waals surface area contributed by atoms with Gasteiger partial charge in [0.2, 0.25) is 0 Å². The van der Waals surface area contributed by atoms with Gasteiger partial charge in [0.1, 0.15) is 5.82 Å². The second-order valence-electron chi connectivity index (χ2n) is 6.42. The molecular weight excluding hydrogens is 314 g/mol. The number of carbonyl (C=O) groups excluding carboxylic acids is 1. The minimum absolute atomic E-state index is 0.0338. The summed E-state index contributed by atoms with van der Waals surface area (Å²) in [5, 5.41) is 11.1. The molecule has 25 heavy (non-hydrogen) atoms. The maximum Gasteiger partial charge on any atom is 0.251 e. The summed E-state index contributed by atoms with van der Waals surface area (Å²) in [6.45, 7) is 3.60. The monoisotopic (exact) mass is 335 g/mol. The second-order valence-corrected chi connectivity index (χ2v) is 6.42. The molecule has 4 rings (SSSR count). The van der Waals surface area contributed by atoms with Crippen LogP contribution in [0.1, 0.15) is 35.2 Å². The van der Waals surface area contributed by atoms with Gasteiger partial charge in [0.15, 0.2) is 5.65 Å². The van der Waals surface area contributed by atoms with Crippen molar-refractivity contribution >= 4 is 17.4 Å². The van der Waals surface area contributed by atoms with Crippen molar-refractivity contribution in [2.75, 3.05) is 18.4 Å². The van der Waals surface area contributed by atoms with E-state index in [1.807, 2.05) is 48.0 Å². The fraction of sp³-hybridized carbons (Fsp3) is 0.316. The predicted molar refractivity (Wildman–Crippen MR) is 97.8 cm³/mol. The third kappa shape index (κ3) is 3.07. The lowest BCUT2D eigenvalue weighted by Crippen LogP contribution is -2.24. The van der Waals surface area contributed by atoms with E-state index in [1.165, 1.54) is 0 Å². The number of benzene rings is 1. The van der Waals surface area contributed by atoms with Gasteiger partial charge in [-0.3, -0.25) is 4.79 Å². The Hall–Kier alpha value is -2.89. The van der Waals surface area contributed by atoms with E-state index >= 15 is 0 Å². The van der Waals surface area contributed by atoms with E-state index in [0.717, 1.165) is 54.1 Å². The number of rotatable bonds is 0. The fourth-order valence-corrected chi connectivity index (χ4v) is 3.17. The molecule has 6 heteroatoms. The van der Waals surface area contributed by atoms with Crippen molar-refractivity contribution in [1.82, 2.24) is 19.9 Å². The number of nitrogens with one attached hydrogen (secondary N) is 2. The molecule has 4 bridgehead atoms. The number of aryl methyl sites for hydroxylation is 1. The van der Waals surface area contributed by atoms with Gasteiger partial charge in [0, 0.05) is 24.2 Å². The normalized spacial score (nSPS) is 15.3. The summed E-state index contributed by atoms with van der Waals surface area (Å²) < 4.78 is 1.86. The summed E-state index contributed by atoms with van der Waals surface area (Å²) in [4.78, 5) is 16.9. The van der Waals surface area contributed by atoms with Crippen LogP contribution in [0.2, 0.25) is 0 Å². The van der Waals surface area contributed by atoms with Gasteiger partial charge in [0.25, 0.3) is 5.91 Å². The first-order valence-electron chi connectivity index (χ1n) is 8.70. The number of aromatic nitrogens is 3. The Bertz CT molecular complexity index is 931. The highest BCUT2D eigenvalue weighted by Gasteiger charge is 2.13. The molecule has 3 heterocycles.